The molecule has 0 spiro atoms. The first-order valence-corrected chi connectivity index (χ1v) is 5.22. The summed E-state index contributed by atoms with van der Waals surface area (Å²) >= 11 is 0. The first-order chi connectivity index (χ1) is 6.38. The quantitative estimate of drug-likeness (QED) is 0.731. The van der Waals surface area contributed by atoms with Crippen LogP contribution in [0.25, 0.3) is 0 Å². The summed E-state index contributed by atoms with van der Waals surface area (Å²) in [5, 5.41) is 2.88. The van der Waals surface area contributed by atoms with Gasteiger partial charge in [-0.25, -0.2) is 0 Å². The number of rotatable bonds is 2. The number of nitrogens with one attached hydrogen (secondary N) is 1. The van der Waals surface area contributed by atoms with Crippen LogP contribution in [0.4, 0.5) is 0 Å². The monoisotopic (exact) mass is 197 g/mol. The number of carbonyl (C=O) groups is 2. The summed E-state index contributed by atoms with van der Waals surface area (Å²) in [5.41, 5.74) is -0.196. The third kappa shape index (κ3) is 3.48. The van der Waals surface area contributed by atoms with Crippen LogP contribution in [-0.2, 0) is 9.59 Å². The normalized spacial score (nSPS) is 22.5. The third-order valence-electron chi connectivity index (χ3n) is 2.38. The molecule has 1 unspecified atom stereocenters. The molecule has 0 bridgehead atoms. The van der Waals surface area contributed by atoms with Crippen LogP contribution >= 0.6 is 0 Å². The summed E-state index contributed by atoms with van der Waals surface area (Å²) in [4.78, 5) is 22.8. The van der Waals surface area contributed by atoms with Crippen molar-refractivity contribution in [2.45, 2.75) is 52.0 Å². The molecule has 1 amide bonds. The third-order valence-corrected chi connectivity index (χ3v) is 2.38. The van der Waals surface area contributed by atoms with E-state index < -0.39 is 0 Å². The maximum absolute atomic E-state index is 11.5. The van der Waals surface area contributed by atoms with Crippen molar-refractivity contribution in [1.29, 1.82) is 0 Å². The Bertz CT molecular complexity index is 240. The summed E-state index contributed by atoms with van der Waals surface area (Å²) in [6, 6.07) is 0. The molecule has 1 aliphatic rings. The maximum atomic E-state index is 11.5. The van der Waals surface area contributed by atoms with E-state index in [1.807, 2.05) is 20.8 Å². The highest BCUT2D eigenvalue weighted by Gasteiger charge is 2.27. The highest BCUT2D eigenvalue weighted by Crippen LogP contribution is 2.24. The second-order valence-corrected chi connectivity index (χ2v) is 5.06. The molecule has 80 valence electrons. The van der Waals surface area contributed by atoms with E-state index in [4.69, 9.17) is 0 Å². The largest absolute Gasteiger partial charge is 0.351 e. The van der Waals surface area contributed by atoms with Gasteiger partial charge < -0.3 is 5.32 Å². The number of ketones is 1. The van der Waals surface area contributed by atoms with Crippen molar-refractivity contribution >= 4 is 11.7 Å². The number of hydrogen-bond acceptors (Lipinski definition) is 2. The van der Waals surface area contributed by atoms with Gasteiger partial charge in [-0.15, -0.1) is 0 Å². The van der Waals surface area contributed by atoms with Gasteiger partial charge in [0.1, 0.15) is 5.78 Å². The average Bonchev–Trinajstić information content (AvgIpc) is 2.32. The van der Waals surface area contributed by atoms with Crippen LogP contribution in [0.15, 0.2) is 0 Å². The fourth-order valence-electron chi connectivity index (χ4n) is 1.80. The molecule has 1 rings (SSSR count). The Morgan fingerprint density at radius 1 is 1.50 bits per heavy atom. The molecule has 3 heteroatoms. The van der Waals surface area contributed by atoms with Crippen molar-refractivity contribution in [2.24, 2.45) is 5.92 Å². The molecule has 14 heavy (non-hydrogen) atoms. The van der Waals surface area contributed by atoms with Crippen LogP contribution in [0.1, 0.15) is 46.5 Å². The van der Waals surface area contributed by atoms with E-state index in [0.717, 1.165) is 12.8 Å². The molecule has 0 radical (unpaired) electrons. The summed E-state index contributed by atoms with van der Waals surface area (Å²) in [6.45, 7) is 5.84. The fraction of sp³-hybridized carbons (Fsp3) is 0.818. The van der Waals surface area contributed by atoms with Crippen LogP contribution < -0.4 is 5.32 Å². The zero-order valence-corrected chi connectivity index (χ0v) is 9.22. The highest BCUT2D eigenvalue weighted by atomic mass is 16.2. The van der Waals surface area contributed by atoms with E-state index in [-0.39, 0.29) is 23.1 Å². The topological polar surface area (TPSA) is 46.2 Å². The second-order valence-electron chi connectivity index (χ2n) is 5.06. The number of carbonyl (C=O) groups excluding carboxylic acids is 2. The molecule has 1 fully saturated rings. The predicted octanol–water partition coefficient (Wildman–Crippen LogP) is 1.66. The Morgan fingerprint density at radius 3 is 2.57 bits per heavy atom. The summed E-state index contributed by atoms with van der Waals surface area (Å²) in [7, 11) is 0. The lowest BCUT2D eigenvalue weighted by Gasteiger charge is -2.21. The molecule has 1 N–H and O–H groups in total. The molecule has 0 aromatic rings. The minimum atomic E-state index is -0.196. The Labute approximate surface area is 85.3 Å². The highest BCUT2D eigenvalue weighted by molar-refractivity contribution is 5.88. The standard InChI is InChI=1S/C11H19NO2/c1-11(2,3)12-10(14)7-8-5-4-6-9(8)13/h8H,4-7H2,1-3H3,(H,12,14). The van der Waals surface area contributed by atoms with Gasteiger partial charge in [0.2, 0.25) is 5.91 Å². The van der Waals surface area contributed by atoms with Crippen molar-refractivity contribution in [3.05, 3.63) is 0 Å². The van der Waals surface area contributed by atoms with Gasteiger partial charge in [-0.05, 0) is 33.6 Å². The Morgan fingerprint density at radius 2 is 2.14 bits per heavy atom. The molecule has 0 aromatic carbocycles. The first-order valence-electron chi connectivity index (χ1n) is 5.22. The van der Waals surface area contributed by atoms with E-state index in [1.54, 1.807) is 0 Å². The van der Waals surface area contributed by atoms with Crippen LogP contribution in [0, 0.1) is 5.92 Å². The van der Waals surface area contributed by atoms with E-state index in [9.17, 15) is 9.59 Å². The number of amides is 1. The number of hydrogen-bond donors (Lipinski definition) is 1. The molecule has 0 aliphatic heterocycles. The maximum Gasteiger partial charge on any atom is 0.221 e. The smallest absolute Gasteiger partial charge is 0.221 e. The average molecular weight is 197 g/mol. The minimum absolute atomic E-state index is 0.00208. The van der Waals surface area contributed by atoms with Gasteiger partial charge in [0.05, 0.1) is 0 Å². The Kier molecular flexibility index (Phi) is 3.29. The van der Waals surface area contributed by atoms with Crippen molar-refractivity contribution in [3.63, 3.8) is 0 Å². The molecule has 3 nitrogen and oxygen atoms in total. The molecule has 0 saturated heterocycles. The van der Waals surface area contributed by atoms with Crippen molar-refractivity contribution in [3.8, 4) is 0 Å². The van der Waals surface area contributed by atoms with Crippen molar-refractivity contribution < 1.29 is 9.59 Å². The van der Waals surface area contributed by atoms with Crippen LogP contribution in [-0.4, -0.2) is 17.2 Å². The number of Topliss-reactive ketones (excluding diaryl/α,β-unsaturated/α-hetero) is 1. The van der Waals surface area contributed by atoms with Gasteiger partial charge in [0.25, 0.3) is 0 Å². The lowest BCUT2D eigenvalue weighted by molar-refractivity contribution is -0.128. The Balaban J connectivity index is 2.37. The lowest BCUT2D eigenvalue weighted by atomic mass is 10.0. The first kappa shape index (κ1) is 11.2. The SMILES string of the molecule is CC(C)(C)NC(=O)CC1CCCC1=O. The van der Waals surface area contributed by atoms with Gasteiger partial charge in [-0.1, -0.05) is 0 Å². The van der Waals surface area contributed by atoms with E-state index in [0.29, 0.717) is 12.8 Å². The molecular weight excluding hydrogens is 178 g/mol. The zero-order valence-electron chi connectivity index (χ0n) is 9.22. The molecule has 1 atom stereocenters. The van der Waals surface area contributed by atoms with Gasteiger partial charge >= 0.3 is 0 Å². The molecule has 0 heterocycles. The van der Waals surface area contributed by atoms with Crippen molar-refractivity contribution in [2.75, 3.05) is 0 Å². The second kappa shape index (κ2) is 4.11. The molecule has 0 aromatic heterocycles. The van der Waals surface area contributed by atoms with Crippen LogP contribution in [0.3, 0.4) is 0 Å². The summed E-state index contributed by atoms with van der Waals surface area (Å²) in [6.07, 6.45) is 2.87. The summed E-state index contributed by atoms with van der Waals surface area (Å²) < 4.78 is 0. The van der Waals surface area contributed by atoms with Crippen LogP contribution in [0.5, 0.6) is 0 Å². The van der Waals surface area contributed by atoms with Crippen LogP contribution in [0.2, 0.25) is 0 Å². The lowest BCUT2D eigenvalue weighted by Crippen LogP contribution is -2.41. The van der Waals surface area contributed by atoms with E-state index in [2.05, 4.69) is 5.32 Å². The fourth-order valence-corrected chi connectivity index (χ4v) is 1.80. The molecular formula is C11H19NO2. The summed E-state index contributed by atoms with van der Waals surface area (Å²) in [5.74, 6) is 0.240. The van der Waals surface area contributed by atoms with Gasteiger partial charge in [-0.3, -0.25) is 9.59 Å². The van der Waals surface area contributed by atoms with Gasteiger partial charge in [0, 0.05) is 24.3 Å². The van der Waals surface area contributed by atoms with Gasteiger partial charge in [0.15, 0.2) is 0 Å². The van der Waals surface area contributed by atoms with Gasteiger partial charge in [-0.2, -0.15) is 0 Å². The van der Waals surface area contributed by atoms with Crippen molar-refractivity contribution in [1.82, 2.24) is 5.32 Å². The Hall–Kier alpha value is -0.860. The minimum Gasteiger partial charge on any atom is -0.351 e. The predicted molar refractivity (Wildman–Crippen MR) is 54.9 cm³/mol. The molecule has 1 aliphatic carbocycles. The zero-order chi connectivity index (χ0) is 10.8. The van der Waals surface area contributed by atoms with E-state index >= 15 is 0 Å². The van der Waals surface area contributed by atoms with E-state index in [1.165, 1.54) is 0 Å². The molecule has 1 saturated carbocycles.